The van der Waals surface area contributed by atoms with Crippen LogP contribution in [-0.2, 0) is 6.54 Å². The molecule has 1 rings (SSSR count). The molecule has 0 aliphatic carbocycles. The zero-order valence-corrected chi connectivity index (χ0v) is 16.1. The van der Waals surface area contributed by atoms with Crippen molar-refractivity contribution >= 4 is 29.9 Å². The smallest absolute Gasteiger partial charge is 0.191 e. The van der Waals surface area contributed by atoms with Crippen LogP contribution in [0.2, 0.25) is 0 Å². The van der Waals surface area contributed by atoms with Crippen molar-refractivity contribution in [3.63, 3.8) is 0 Å². The van der Waals surface area contributed by atoms with E-state index in [1.54, 1.807) is 6.26 Å². The van der Waals surface area contributed by atoms with E-state index in [2.05, 4.69) is 55.4 Å². The van der Waals surface area contributed by atoms with E-state index in [9.17, 15) is 0 Å². The van der Waals surface area contributed by atoms with Crippen LogP contribution in [0.1, 0.15) is 53.2 Å². The number of halogens is 1. The highest BCUT2D eigenvalue weighted by Gasteiger charge is 2.13. The lowest BCUT2D eigenvalue weighted by atomic mass is 9.89. The third kappa shape index (κ3) is 9.71. The van der Waals surface area contributed by atoms with E-state index in [1.165, 1.54) is 6.42 Å². The maximum absolute atomic E-state index is 4.80. The Morgan fingerprint density at radius 1 is 1.43 bits per heavy atom. The first kappa shape index (κ1) is 20.2. The van der Waals surface area contributed by atoms with Gasteiger partial charge in [0, 0.05) is 18.7 Å². The van der Waals surface area contributed by atoms with Crippen molar-refractivity contribution in [1.82, 2.24) is 15.8 Å². The molecule has 1 heterocycles. The Kier molecular flexibility index (Phi) is 9.65. The maximum atomic E-state index is 4.80. The average molecular weight is 408 g/mol. The van der Waals surface area contributed by atoms with Crippen LogP contribution in [0.25, 0.3) is 0 Å². The number of nitrogens with one attached hydrogen (secondary N) is 2. The molecule has 1 aromatic heterocycles. The lowest BCUT2D eigenvalue weighted by Crippen LogP contribution is -2.42. The van der Waals surface area contributed by atoms with Crippen LogP contribution >= 0.6 is 24.0 Å². The van der Waals surface area contributed by atoms with Crippen molar-refractivity contribution in [3.8, 4) is 0 Å². The van der Waals surface area contributed by atoms with Crippen LogP contribution in [-0.4, -0.2) is 23.7 Å². The third-order valence-corrected chi connectivity index (χ3v) is 2.95. The molecular formula is C15H29IN4O. The number of aliphatic imine (C=N–C) groups is 1. The summed E-state index contributed by atoms with van der Waals surface area (Å²) >= 11 is 0. The van der Waals surface area contributed by atoms with E-state index in [4.69, 9.17) is 4.52 Å². The second kappa shape index (κ2) is 10.0. The minimum absolute atomic E-state index is 0. The molecule has 1 unspecified atom stereocenters. The molecule has 0 aromatic carbocycles. The van der Waals surface area contributed by atoms with Gasteiger partial charge in [-0.15, -0.1) is 24.0 Å². The van der Waals surface area contributed by atoms with Crippen LogP contribution in [0.3, 0.4) is 0 Å². The summed E-state index contributed by atoms with van der Waals surface area (Å²) < 4.78 is 4.80. The Balaban J connectivity index is 0.00000400. The van der Waals surface area contributed by atoms with E-state index in [1.807, 2.05) is 6.07 Å². The predicted octanol–water partition coefficient (Wildman–Crippen LogP) is 3.56. The summed E-state index contributed by atoms with van der Waals surface area (Å²) in [5.74, 6) is 0.830. The molecule has 2 N–H and O–H groups in total. The zero-order chi connectivity index (χ0) is 15.0. The van der Waals surface area contributed by atoms with Crippen LogP contribution in [0.15, 0.2) is 21.8 Å². The number of guanidine groups is 1. The van der Waals surface area contributed by atoms with Crippen LogP contribution < -0.4 is 10.6 Å². The molecule has 0 aliphatic rings. The fraction of sp³-hybridized carbons (Fsp3) is 0.733. The molecule has 0 bridgehead atoms. The van der Waals surface area contributed by atoms with Gasteiger partial charge in [-0.25, -0.2) is 4.99 Å². The summed E-state index contributed by atoms with van der Waals surface area (Å²) in [7, 11) is 0. The lowest BCUT2D eigenvalue weighted by Gasteiger charge is -2.23. The number of rotatable bonds is 6. The van der Waals surface area contributed by atoms with Crippen LogP contribution in [0, 0.1) is 5.41 Å². The van der Waals surface area contributed by atoms with E-state index in [-0.39, 0.29) is 24.0 Å². The van der Waals surface area contributed by atoms with Crippen LogP contribution in [0.5, 0.6) is 0 Å². The Labute approximate surface area is 145 Å². The average Bonchev–Trinajstić information content (AvgIpc) is 2.86. The minimum Gasteiger partial charge on any atom is -0.364 e. The summed E-state index contributed by atoms with van der Waals surface area (Å²) in [4.78, 5) is 4.51. The molecule has 0 spiro atoms. The van der Waals surface area contributed by atoms with Crippen molar-refractivity contribution in [1.29, 1.82) is 0 Å². The molecule has 1 atom stereocenters. The largest absolute Gasteiger partial charge is 0.364 e. The highest BCUT2D eigenvalue weighted by Crippen LogP contribution is 2.21. The highest BCUT2D eigenvalue weighted by atomic mass is 127. The SMILES string of the molecule is CCNC(=NCc1ccon1)NC(C)CCC(C)(C)C.I. The number of nitrogens with zero attached hydrogens (tertiary/aromatic N) is 2. The second-order valence-corrected chi connectivity index (χ2v) is 6.33. The number of hydrogen-bond donors (Lipinski definition) is 2. The first-order chi connectivity index (χ1) is 9.40. The van der Waals surface area contributed by atoms with Crippen molar-refractivity contribution in [2.24, 2.45) is 10.4 Å². The van der Waals surface area contributed by atoms with Crippen molar-refractivity contribution < 1.29 is 4.52 Å². The van der Waals surface area contributed by atoms with E-state index < -0.39 is 0 Å². The van der Waals surface area contributed by atoms with Gasteiger partial charge in [-0.2, -0.15) is 0 Å². The van der Waals surface area contributed by atoms with Gasteiger partial charge < -0.3 is 15.2 Å². The zero-order valence-electron chi connectivity index (χ0n) is 13.8. The summed E-state index contributed by atoms with van der Waals surface area (Å²) in [6, 6.07) is 2.22. The van der Waals surface area contributed by atoms with Crippen molar-refractivity contribution in [2.45, 2.75) is 60.0 Å². The van der Waals surface area contributed by atoms with E-state index in [0.717, 1.165) is 24.6 Å². The molecule has 0 aliphatic heterocycles. The fourth-order valence-electron chi connectivity index (χ4n) is 1.75. The molecule has 0 saturated heterocycles. The summed E-state index contributed by atoms with van der Waals surface area (Å²) in [6.07, 6.45) is 3.87. The van der Waals surface area contributed by atoms with Gasteiger partial charge in [0.15, 0.2) is 5.96 Å². The Bertz CT molecular complexity index is 398. The van der Waals surface area contributed by atoms with Gasteiger partial charge in [0.2, 0.25) is 0 Å². The highest BCUT2D eigenvalue weighted by molar-refractivity contribution is 14.0. The number of aromatic nitrogens is 1. The summed E-state index contributed by atoms with van der Waals surface area (Å²) in [5, 5.41) is 10.5. The van der Waals surface area contributed by atoms with Crippen LogP contribution in [0.4, 0.5) is 0 Å². The first-order valence-corrected chi connectivity index (χ1v) is 7.35. The third-order valence-electron chi connectivity index (χ3n) is 2.95. The standard InChI is InChI=1S/C15H28N4O.HI/c1-6-16-14(17-11-13-8-10-20-19-13)18-12(2)7-9-15(3,4)5;/h8,10,12H,6-7,9,11H2,1-5H3,(H2,16,17,18);1H. The Hall–Kier alpha value is -0.790. The maximum Gasteiger partial charge on any atom is 0.191 e. The second-order valence-electron chi connectivity index (χ2n) is 6.33. The summed E-state index contributed by atoms with van der Waals surface area (Å²) in [5.41, 5.74) is 1.20. The lowest BCUT2D eigenvalue weighted by molar-refractivity contribution is 0.346. The molecule has 21 heavy (non-hydrogen) atoms. The van der Waals surface area contributed by atoms with Gasteiger partial charge in [-0.05, 0) is 32.1 Å². The molecule has 0 radical (unpaired) electrons. The quantitative estimate of drug-likeness (QED) is 0.429. The molecule has 0 saturated carbocycles. The topological polar surface area (TPSA) is 62.5 Å². The number of hydrogen-bond acceptors (Lipinski definition) is 3. The van der Waals surface area contributed by atoms with Crippen molar-refractivity contribution in [2.75, 3.05) is 6.54 Å². The molecule has 1 aromatic rings. The molecule has 0 amide bonds. The monoisotopic (exact) mass is 408 g/mol. The molecule has 5 nitrogen and oxygen atoms in total. The molecular weight excluding hydrogens is 379 g/mol. The fourth-order valence-corrected chi connectivity index (χ4v) is 1.75. The predicted molar refractivity (Wildman–Crippen MR) is 98.0 cm³/mol. The van der Waals surface area contributed by atoms with Gasteiger partial charge >= 0.3 is 0 Å². The Morgan fingerprint density at radius 2 is 2.14 bits per heavy atom. The van der Waals surface area contributed by atoms with Gasteiger partial charge in [-0.1, -0.05) is 25.9 Å². The first-order valence-electron chi connectivity index (χ1n) is 7.35. The molecule has 122 valence electrons. The van der Waals surface area contributed by atoms with E-state index in [0.29, 0.717) is 18.0 Å². The summed E-state index contributed by atoms with van der Waals surface area (Å²) in [6.45, 7) is 12.4. The van der Waals surface area contributed by atoms with Gasteiger partial charge in [-0.3, -0.25) is 0 Å². The van der Waals surface area contributed by atoms with Gasteiger partial charge in [0.05, 0.1) is 6.54 Å². The Morgan fingerprint density at radius 3 is 2.67 bits per heavy atom. The van der Waals surface area contributed by atoms with Crippen molar-refractivity contribution in [3.05, 3.63) is 18.0 Å². The van der Waals surface area contributed by atoms with E-state index >= 15 is 0 Å². The molecule has 0 fully saturated rings. The van der Waals surface area contributed by atoms with Gasteiger partial charge in [0.1, 0.15) is 12.0 Å². The normalized spacial score (nSPS) is 13.5. The molecule has 6 heteroatoms. The minimum atomic E-state index is 0. The van der Waals surface area contributed by atoms with Gasteiger partial charge in [0.25, 0.3) is 0 Å².